The maximum absolute atomic E-state index is 12.8. The van der Waals surface area contributed by atoms with E-state index in [0.717, 1.165) is 22.4 Å². The van der Waals surface area contributed by atoms with Gasteiger partial charge >= 0.3 is 0 Å². The number of amides is 1. The largest absolute Gasteiger partial charge is 0.324 e. The van der Waals surface area contributed by atoms with Gasteiger partial charge in [0.25, 0.3) is 5.91 Å². The second-order valence-electron chi connectivity index (χ2n) is 6.38. The molecule has 0 saturated heterocycles. The van der Waals surface area contributed by atoms with E-state index in [4.69, 9.17) is 0 Å². The standard InChI is InChI=1S/C22H19N5O/c1-16(27-25-21(24-26-27)18-12-6-3-7-13-18)22(28)23-20-15-9-8-14-19(20)17-10-4-2-5-11-17/h2-16H,1H3,(H,23,28). The topological polar surface area (TPSA) is 72.7 Å². The molecule has 0 aliphatic rings. The Bertz CT molecular complexity index is 1080. The molecular weight excluding hydrogens is 350 g/mol. The van der Waals surface area contributed by atoms with E-state index in [1.807, 2.05) is 84.9 Å². The van der Waals surface area contributed by atoms with Gasteiger partial charge in [-0.2, -0.15) is 4.80 Å². The van der Waals surface area contributed by atoms with E-state index in [1.54, 1.807) is 6.92 Å². The Hall–Kier alpha value is -3.80. The number of nitrogens with one attached hydrogen (secondary N) is 1. The third-order valence-corrected chi connectivity index (χ3v) is 4.46. The van der Waals surface area contributed by atoms with Crippen molar-refractivity contribution in [2.45, 2.75) is 13.0 Å². The third-order valence-electron chi connectivity index (χ3n) is 4.46. The van der Waals surface area contributed by atoms with Crippen LogP contribution in [0.4, 0.5) is 5.69 Å². The molecule has 0 radical (unpaired) electrons. The molecule has 1 unspecified atom stereocenters. The van der Waals surface area contributed by atoms with Crippen molar-refractivity contribution in [2.75, 3.05) is 5.32 Å². The molecule has 4 aromatic rings. The summed E-state index contributed by atoms with van der Waals surface area (Å²) in [6.07, 6.45) is 0. The first-order valence-electron chi connectivity index (χ1n) is 9.02. The van der Waals surface area contributed by atoms with Crippen LogP contribution in [0.1, 0.15) is 13.0 Å². The fraction of sp³-hybridized carbons (Fsp3) is 0.0909. The molecule has 4 rings (SSSR count). The summed E-state index contributed by atoms with van der Waals surface area (Å²) in [6.45, 7) is 1.75. The summed E-state index contributed by atoms with van der Waals surface area (Å²) in [6, 6.07) is 26.6. The molecular formula is C22H19N5O. The Morgan fingerprint density at radius 3 is 2.18 bits per heavy atom. The zero-order valence-corrected chi connectivity index (χ0v) is 15.4. The van der Waals surface area contributed by atoms with Gasteiger partial charge in [0.05, 0.1) is 0 Å². The predicted molar refractivity (Wildman–Crippen MR) is 108 cm³/mol. The van der Waals surface area contributed by atoms with Crippen LogP contribution in [-0.4, -0.2) is 26.1 Å². The second kappa shape index (κ2) is 7.84. The van der Waals surface area contributed by atoms with Gasteiger partial charge in [0.15, 0.2) is 0 Å². The third kappa shape index (κ3) is 3.66. The number of tetrazole rings is 1. The van der Waals surface area contributed by atoms with Crippen molar-refractivity contribution in [3.63, 3.8) is 0 Å². The second-order valence-corrected chi connectivity index (χ2v) is 6.38. The number of aromatic nitrogens is 4. The quantitative estimate of drug-likeness (QED) is 0.572. The van der Waals surface area contributed by atoms with Crippen LogP contribution >= 0.6 is 0 Å². The number of hydrogen-bond acceptors (Lipinski definition) is 4. The van der Waals surface area contributed by atoms with Crippen molar-refractivity contribution in [3.05, 3.63) is 84.9 Å². The number of benzene rings is 3. The lowest BCUT2D eigenvalue weighted by molar-refractivity contribution is -0.119. The normalized spacial score (nSPS) is 11.8. The molecule has 6 heteroatoms. The number of carbonyl (C=O) groups excluding carboxylic acids is 1. The van der Waals surface area contributed by atoms with Gasteiger partial charge in [-0.1, -0.05) is 78.9 Å². The lowest BCUT2D eigenvalue weighted by Gasteiger charge is -2.14. The number of nitrogens with zero attached hydrogens (tertiary/aromatic N) is 4. The minimum absolute atomic E-state index is 0.208. The van der Waals surface area contributed by atoms with Crippen LogP contribution in [0.2, 0.25) is 0 Å². The van der Waals surface area contributed by atoms with Crippen LogP contribution in [0.15, 0.2) is 84.9 Å². The van der Waals surface area contributed by atoms with Gasteiger partial charge in [0.1, 0.15) is 6.04 Å². The molecule has 0 fully saturated rings. The van der Waals surface area contributed by atoms with E-state index >= 15 is 0 Å². The number of hydrogen-bond donors (Lipinski definition) is 1. The SMILES string of the molecule is CC(C(=O)Nc1ccccc1-c1ccccc1)n1nnc(-c2ccccc2)n1. The number of para-hydroxylation sites is 1. The fourth-order valence-corrected chi connectivity index (χ4v) is 2.90. The highest BCUT2D eigenvalue weighted by Crippen LogP contribution is 2.28. The first-order chi connectivity index (χ1) is 13.7. The van der Waals surface area contributed by atoms with Crippen LogP contribution in [0, 0.1) is 0 Å². The summed E-state index contributed by atoms with van der Waals surface area (Å²) in [4.78, 5) is 14.1. The zero-order chi connectivity index (χ0) is 19.3. The Labute approximate surface area is 162 Å². The highest BCUT2D eigenvalue weighted by molar-refractivity contribution is 5.97. The Balaban J connectivity index is 1.54. The van der Waals surface area contributed by atoms with Crippen molar-refractivity contribution >= 4 is 11.6 Å². The molecule has 3 aromatic carbocycles. The Morgan fingerprint density at radius 2 is 1.46 bits per heavy atom. The van der Waals surface area contributed by atoms with Crippen molar-refractivity contribution in [2.24, 2.45) is 0 Å². The molecule has 1 amide bonds. The monoisotopic (exact) mass is 369 g/mol. The summed E-state index contributed by atoms with van der Waals surface area (Å²) < 4.78 is 0. The summed E-state index contributed by atoms with van der Waals surface area (Å²) in [5.74, 6) is 0.283. The maximum atomic E-state index is 12.8. The molecule has 6 nitrogen and oxygen atoms in total. The van der Waals surface area contributed by atoms with E-state index < -0.39 is 6.04 Å². The number of carbonyl (C=O) groups is 1. The van der Waals surface area contributed by atoms with Crippen LogP contribution in [0.5, 0.6) is 0 Å². The molecule has 1 aromatic heterocycles. The van der Waals surface area contributed by atoms with Gasteiger partial charge in [-0.25, -0.2) is 0 Å². The lowest BCUT2D eigenvalue weighted by atomic mass is 10.0. The van der Waals surface area contributed by atoms with Crippen LogP contribution < -0.4 is 5.32 Å². The van der Waals surface area contributed by atoms with E-state index in [2.05, 4.69) is 20.7 Å². The van der Waals surface area contributed by atoms with E-state index in [1.165, 1.54) is 4.80 Å². The molecule has 0 bridgehead atoms. The van der Waals surface area contributed by atoms with Crippen molar-refractivity contribution in [1.29, 1.82) is 0 Å². The first-order valence-corrected chi connectivity index (χ1v) is 9.02. The molecule has 138 valence electrons. The van der Waals surface area contributed by atoms with Crippen molar-refractivity contribution < 1.29 is 4.79 Å². The highest BCUT2D eigenvalue weighted by atomic mass is 16.2. The maximum Gasteiger partial charge on any atom is 0.250 e. The first kappa shape index (κ1) is 17.6. The summed E-state index contributed by atoms with van der Waals surface area (Å²) in [5.41, 5.74) is 3.60. The van der Waals surface area contributed by atoms with Crippen molar-refractivity contribution in [3.8, 4) is 22.5 Å². The number of rotatable bonds is 5. The van der Waals surface area contributed by atoms with E-state index in [-0.39, 0.29) is 5.91 Å². The van der Waals surface area contributed by atoms with Gasteiger partial charge in [-0.3, -0.25) is 4.79 Å². The minimum Gasteiger partial charge on any atom is -0.324 e. The Morgan fingerprint density at radius 1 is 0.857 bits per heavy atom. The van der Waals surface area contributed by atoms with Gasteiger partial charge in [-0.15, -0.1) is 10.2 Å². The molecule has 0 spiro atoms. The van der Waals surface area contributed by atoms with Gasteiger partial charge < -0.3 is 5.32 Å². The smallest absolute Gasteiger partial charge is 0.250 e. The molecule has 1 heterocycles. The molecule has 1 atom stereocenters. The molecule has 0 aliphatic carbocycles. The molecule has 0 saturated carbocycles. The summed E-state index contributed by atoms with van der Waals surface area (Å²) in [5, 5.41) is 15.5. The van der Waals surface area contributed by atoms with Gasteiger partial charge in [0, 0.05) is 16.8 Å². The van der Waals surface area contributed by atoms with Crippen LogP contribution in [-0.2, 0) is 4.79 Å². The van der Waals surface area contributed by atoms with Gasteiger partial charge in [-0.05, 0) is 23.8 Å². The highest BCUT2D eigenvalue weighted by Gasteiger charge is 2.20. The van der Waals surface area contributed by atoms with Crippen LogP contribution in [0.25, 0.3) is 22.5 Å². The predicted octanol–water partition coefficient (Wildman–Crippen LogP) is 4.21. The Kier molecular flexibility index (Phi) is 4.93. The van der Waals surface area contributed by atoms with Crippen LogP contribution in [0.3, 0.4) is 0 Å². The van der Waals surface area contributed by atoms with E-state index in [9.17, 15) is 4.79 Å². The molecule has 1 N–H and O–H groups in total. The fourth-order valence-electron chi connectivity index (χ4n) is 2.90. The average molecular weight is 369 g/mol. The molecule has 0 aliphatic heterocycles. The zero-order valence-electron chi connectivity index (χ0n) is 15.4. The lowest BCUT2D eigenvalue weighted by Crippen LogP contribution is -2.25. The van der Waals surface area contributed by atoms with Gasteiger partial charge in [0.2, 0.25) is 5.82 Å². The minimum atomic E-state index is -0.603. The summed E-state index contributed by atoms with van der Waals surface area (Å²) >= 11 is 0. The number of anilines is 1. The average Bonchev–Trinajstić information content (AvgIpc) is 3.25. The molecule has 28 heavy (non-hydrogen) atoms. The van der Waals surface area contributed by atoms with E-state index in [0.29, 0.717) is 5.82 Å². The summed E-state index contributed by atoms with van der Waals surface area (Å²) in [7, 11) is 0. The van der Waals surface area contributed by atoms with Crippen molar-refractivity contribution in [1.82, 2.24) is 20.2 Å².